The van der Waals surface area contributed by atoms with E-state index in [4.69, 9.17) is 23.7 Å². The smallest absolute Gasteiger partial charge is 0.187 e. The van der Waals surface area contributed by atoms with E-state index in [-0.39, 0.29) is 0 Å². The maximum Gasteiger partial charge on any atom is 0.187 e. The molecule has 2 aliphatic rings. The molecule has 33 heavy (non-hydrogen) atoms. The Hall–Kier alpha value is -2.58. The summed E-state index contributed by atoms with van der Waals surface area (Å²) in [4.78, 5) is 0. The summed E-state index contributed by atoms with van der Waals surface area (Å²) in [6.45, 7) is 0.977. The van der Waals surface area contributed by atoms with Crippen molar-refractivity contribution < 1.29 is 28.8 Å². The maximum atomic E-state index is 11.2. The van der Waals surface area contributed by atoms with Crippen LogP contribution in [0.15, 0.2) is 91.0 Å². The van der Waals surface area contributed by atoms with Crippen LogP contribution in [0, 0.1) is 0 Å². The molecule has 0 unspecified atom stereocenters. The van der Waals surface area contributed by atoms with Crippen molar-refractivity contribution in [1.29, 1.82) is 0 Å². The molecule has 0 saturated carbocycles. The van der Waals surface area contributed by atoms with Crippen molar-refractivity contribution in [2.45, 2.75) is 50.2 Å². The van der Waals surface area contributed by atoms with Crippen LogP contribution in [0.3, 0.4) is 0 Å². The Morgan fingerprint density at radius 1 is 0.727 bits per heavy atom. The highest BCUT2D eigenvalue weighted by atomic mass is 16.8. The lowest BCUT2D eigenvalue weighted by molar-refractivity contribution is -0.368. The molecule has 6 nitrogen and oxygen atoms in total. The van der Waals surface area contributed by atoms with Crippen molar-refractivity contribution in [2.24, 2.45) is 0 Å². The van der Waals surface area contributed by atoms with Crippen molar-refractivity contribution in [1.82, 2.24) is 0 Å². The second-order valence-electron chi connectivity index (χ2n) is 8.27. The van der Waals surface area contributed by atoms with Gasteiger partial charge in [0.1, 0.15) is 24.4 Å². The molecule has 5 rings (SSSR count). The fourth-order valence-electron chi connectivity index (χ4n) is 4.19. The molecule has 6 heteroatoms. The molecular formula is C27H28O6. The van der Waals surface area contributed by atoms with Crippen LogP contribution in [-0.4, -0.2) is 42.4 Å². The van der Waals surface area contributed by atoms with E-state index in [1.54, 1.807) is 0 Å². The first-order chi connectivity index (χ1) is 16.3. The summed E-state index contributed by atoms with van der Waals surface area (Å²) >= 11 is 0. The zero-order chi connectivity index (χ0) is 22.5. The lowest BCUT2D eigenvalue weighted by Gasteiger charge is -2.47. The quantitative estimate of drug-likeness (QED) is 0.590. The summed E-state index contributed by atoms with van der Waals surface area (Å²) in [6.07, 6.45) is -3.98. The summed E-state index contributed by atoms with van der Waals surface area (Å²) in [6, 6.07) is 29.4. The first-order valence-electron chi connectivity index (χ1n) is 11.2. The van der Waals surface area contributed by atoms with Crippen molar-refractivity contribution in [2.75, 3.05) is 6.61 Å². The molecule has 172 valence electrons. The molecule has 1 N–H and O–H groups in total. The fourth-order valence-corrected chi connectivity index (χ4v) is 4.19. The standard InChI is InChI=1S/C27H28O6/c28-23-25(29-16-19-10-4-1-5-11-19)24-22(18-31-26(33-24)21-14-8-3-9-15-21)32-27(23)30-17-20-12-6-2-7-13-20/h1-15,22-28H,16-18H2/t22-,23-,24-,25-,26-,27-/m1/s1. The van der Waals surface area contributed by atoms with Crippen molar-refractivity contribution in [3.63, 3.8) is 0 Å². The van der Waals surface area contributed by atoms with Crippen LogP contribution in [-0.2, 0) is 36.9 Å². The summed E-state index contributed by atoms with van der Waals surface area (Å²) < 4.78 is 30.5. The van der Waals surface area contributed by atoms with Crippen LogP contribution in [0.25, 0.3) is 0 Å². The van der Waals surface area contributed by atoms with Gasteiger partial charge in [0.25, 0.3) is 0 Å². The highest BCUT2D eigenvalue weighted by molar-refractivity contribution is 5.17. The molecule has 0 bridgehead atoms. The minimum atomic E-state index is -1.02. The first kappa shape index (κ1) is 22.2. The lowest BCUT2D eigenvalue weighted by atomic mass is 9.97. The average molecular weight is 449 g/mol. The van der Waals surface area contributed by atoms with Gasteiger partial charge < -0.3 is 28.8 Å². The molecule has 3 aromatic rings. The van der Waals surface area contributed by atoms with Gasteiger partial charge in [0.15, 0.2) is 12.6 Å². The van der Waals surface area contributed by atoms with Crippen molar-refractivity contribution in [3.8, 4) is 0 Å². The minimum Gasteiger partial charge on any atom is -0.385 e. The SMILES string of the molecule is O[C@H]1[C@H](OCc2ccccc2)O[C@@H]2CO[C@@H](c3ccccc3)O[C@H]2[C@@H]1OCc1ccccc1. The number of aliphatic hydroxyl groups excluding tert-OH is 1. The molecule has 3 aromatic carbocycles. The zero-order valence-corrected chi connectivity index (χ0v) is 18.2. The zero-order valence-electron chi connectivity index (χ0n) is 18.2. The van der Waals surface area contributed by atoms with Crippen molar-refractivity contribution >= 4 is 0 Å². The summed E-state index contributed by atoms with van der Waals surface area (Å²) in [5.41, 5.74) is 2.92. The van der Waals surface area contributed by atoms with E-state index in [1.165, 1.54) is 0 Å². The van der Waals surface area contributed by atoms with E-state index in [0.717, 1.165) is 16.7 Å². The van der Waals surface area contributed by atoms with Gasteiger partial charge in [0, 0.05) is 5.56 Å². The Kier molecular flexibility index (Phi) is 7.12. The number of benzene rings is 3. The van der Waals surface area contributed by atoms with E-state index < -0.39 is 37.0 Å². The molecular weight excluding hydrogens is 420 g/mol. The maximum absolute atomic E-state index is 11.2. The highest BCUT2D eigenvalue weighted by Gasteiger charge is 2.50. The molecule has 0 aromatic heterocycles. The Bertz CT molecular complexity index is 983. The average Bonchev–Trinajstić information content (AvgIpc) is 2.88. The first-order valence-corrected chi connectivity index (χ1v) is 11.2. The molecule has 0 spiro atoms. The molecule has 0 aliphatic carbocycles. The third-order valence-electron chi connectivity index (χ3n) is 5.92. The van der Waals surface area contributed by atoms with Crippen LogP contribution in [0.2, 0.25) is 0 Å². The van der Waals surface area contributed by atoms with Gasteiger partial charge >= 0.3 is 0 Å². The van der Waals surface area contributed by atoms with E-state index in [0.29, 0.717) is 19.8 Å². The molecule has 6 atom stereocenters. The molecule has 0 amide bonds. The molecule has 2 aliphatic heterocycles. The van der Waals surface area contributed by atoms with Crippen molar-refractivity contribution in [3.05, 3.63) is 108 Å². The summed E-state index contributed by atoms with van der Waals surface area (Å²) in [7, 11) is 0. The normalized spacial score (nSPS) is 29.4. The number of hydrogen-bond acceptors (Lipinski definition) is 6. The van der Waals surface area contributed by atoms with E-state index >= 15 is 0 Å². The van der Waals surface area contributed by atoms with Gasteiger partial charge in [-0.05, 0) is 11.1 Å². The van der Waals surface area contributed by atoms with Crippen LogP contribution < -0.4 is 0 Å². The van der Waals surface area contributed by atoms with Crippen LogP contribution in [0.4, 0.5) is 0 Å². The number of ether oxygens (including phenoxy) is 5. The summed E-state index contributed by atoms with van der Waals surface area (Å²) in [5.74, 6) is 0. The number of fused-ring (bicyclic) bond motifs is 1. The third-order valence-corrected chi connectivity index (χ3v) is 5.92. The number of hydrogen-bond donors (Lipinski definition) is 1. The van der Waals surface area contributed by atoms with Gasteiger partial charge in [-0.25, -0.2) is 0 Å². The number of aliphatic hydroxyl groups is 1. The Morgan fingerprint density at radius 3 is 1.94 bits per heavy atom. The lowest BCUT2D eigenvalue weighted by Crippen LogP contribution is -2.62. The van der Waals surface area contributed by atoms with Gasteiger partial charge in [0.2, 0.25) is 0 Å². The van der Waals surface area contributed by atoms with Gasteiger partial charge in [-0.1, -0.05) is 91.0 Å². The molecule has 2 fully saturated rings. The fraction of sp³-hybridized carbons (Fsp3) is 0.333. The highest BCUT2D eigenvalue weighted by Crippen LogP contribution is 2.36. The summed E-state index contributed by atoms with van der Waals surface area (Å²) in [5, 5.41) is 11.2. The third kappa shape index (κ3) is 5.33. The van der Waals surface area contributed by atoms with Crippen LogP contribution >= 0.6 is 0 Å². The monoisotopic (exact) mass is 448 g/mol. The molecule has 2 saturated heterocycles. The molecule has 2 heterocycles. The van der Waals surface area contributed by atoms with Gasteiger partial charge in [-0.2, -0.15) is 0 Å². The van der Waals surface area contributed by atoms with E-state index in [2.05, 4.69) is 0 Å². The van der Waals surface area contributed by atoms with E-state index in [1.807, 2.05) is 91.0 Å². The predicted molar refractivity (Wildman–Crippen MR) is 121 cm³/mol. The van der Waals surface area contributed by atoms with Gasteiger partial charge in [0.05, 0.1) is 19.8 Å². The van der Waals surface area contributed by atoms with E-state index in [9.17, 15) is 5.11 Å². The van der Waals surface area contributed by atoms with Gasteiger partial charge in [-0.15, -0.1) is 0 Å². The second kappa shape index (κ2) is 10.6. The minimum absolute atomic E-state index is 0.313. The second-order valence-corrected chi connectivity index (χ2v) is 8.27. The molecule has 0 radical (unpaired) electrons. The predicted octanol–water partition coefficient (Wildman–Crippen LogP) is 3.99. The Labute approximate surface area is 193 Å². The topological polar surface area (TPSA) is 66.4 Å². The van der Waals surface area contributed by atoms with Gasteiger partial charge in [-0.3, -0.25) is 0 Å². The van der Waals surface area contributed by atoms with Crippen LogP contribution in [0.5, 0.6) is 0 Å². The van der Waals surface area contributed by atoms with Crippen LogP contribution in [0.1, 0.15) is 23.0 Å². The Morgan fingerprint density at radius 2 is 1.30 bits per heavy atom. The largest absolute Gasteiger partial charge is 0.385 e. The number of rotatable bonds is 7. The Balaban J connectivity index is 1.32.